The van der Waals surface area contributed by atoms with Crippen LogP contribution < -0.4 is 9.14 Å². The number of benzene rings is 2. The largest absolute Gasteiger partial charge is 0.417 e. The summed E-state index contributed by atoms with van der Waals surface area (Å²) in [7, 11) is -3.77. The van der Waals surface area contributed by atoms with Crippen molar-refractivity contribution in [2.75, 3.05) is 10.7 Å². The minimum absolute atomic E-state index is 0.0152. The minimum Gasteiger partial charge on any atom is -0.230 e. The first-order valence-corrected chi connectivity index (χ1v) is 12.3. The van der Waals surface area contributed by atoms with Crippen LogP contribution in [0.4, 0.5) is 18.9 Å². The molecule has 0 aromatic heterocycles. The normalized spacial score (nSPS) is 15.8. The van der Waals surface area contributed by atoms with Crippen molar-refractivity contribution in [3.8, 4) is 17.3 Å². The molecule has 0 atom stereocenters. The summed E-state index contributed by atoms with van der Waals surface area (Å²) in [6.07, 6.45) is -0.0999. The predicted molar refractivity (Wildman–Crippen MR) is 120 cm³/mol. The highest BCUT2D eigenvalue weighted by molar-refractivity contribution is 8.13. The number of rotatable bonds is 5. The average Bonchev–Trinajstić information content (AvgIpc) is 3.46. The van der Waals surface area contributed by atoms with Crippen molar-refractivity contribution in [1.29, 1.82) is 5.26 Å². The quantitative estimate of drug-likeness (QED) is 0.257. The Labute approximate surface area is 193 Å². The SMILES string of the molecule is CSC(=NC#N)N(Cl)c1ccc(-c2ccc(S(=O)(=O)NC3(C)CC3)cc2)c(C(F)(F)F)c1. The molecule has 0 spiro atoms. The first-order chi connectivity index (χ1) is 14.9. The summed E-state index contributed by atoms with van der Waals surface area (Å²) in [5.41, 5.74) is -1.39. The van der Waals surface area contributed by atoms with Gasteiger partial charge < -0.3 is 0 Å². The summed E-state index contributed by atoms with van der Waals surface area (Å²) < 4.78 is 69.9. The highest BCUT2D eigenvalue weighted by atomic mass is 35.5. The van der Waals surface area contributed by atoms with Crippen LogP contribution in [-0.2, 0) is 16.2 Å². The summed E-state index contributed by atoms with van der Waals surface area (Å²) in [5.74, 6) is 0. The fraction of sp³-hybridized carbons (Fsp3) is 0.300. The molecule has 0 radical (unpaired) electrons. The van der Waals surface area contributed by atoms with Crippen LogP contribution in [0, 0.1) is 11.5 Å². The number of anilines is 1. The number of nitrogens with one attached hydrogen (secondary N) is 1. The van der Waals surface area contributed by atoms with E-state index in [4.69, 9.17) is 17.0 Å². The zero-order valence-corrected chi connectivity index (χ0v) is 19.3. The lowest BCUT2D eigenvalue weighted by atomic mass is 9.98. The maximum absolute atomic E-state index is 13.8. The standard InChI is InChI=1S/C20H18ClF3N4O2S2/c1-19(9-10-19)27-32(29,30)15-6-3-13(4-7-15)16-8-5-14(11-17(16)20(22,23)24)28(21)18(31-2)26-12-25/h3-8,11,27H,9-10H2,1-2H3. The Morgan fingerprint density at radius 3 is 2.38 bits per heavy atom. The van der Waals surface area contributed by atoms with Crippen LogP contribution >= 0.6 is 23.5 Å². The van der Waals surface area contributed by atoms with Crippen molar-refractivity contribution in [2.45, 2.75) is 36.4 Å². The molecule has 2 aromatic carbocycles. The van der Waals surface area contributed by atoms with Crippen LogP contribution in [0.3, 0.4) is 0 Å². The number of hydrogen-bond donors (Lipinski definition) is 1. The Hall–Kier alpha value is -2.26. The number of nitriles is 1. The lowest BCUT2D eigenvalue weighted by Gasteiger charge is -2.19. The zero-order chi connectivity index (χ0) is 23.7. The van der Waals surface area contributed by atoms with Gasteiger partial charge in [0.15, 0.2) is 5.17 Å². The number of alkyl halides is 3. The summed E-state index contributed by atoms with van der Waals surface area (Å²) in [4.78, 5) is 3.46. The van der Waals surface area contributed by atoms with E-state index >= 15 is 0 Å². The Kier molecular flexibility index (Phi) is 6.81. The summed E-state index contributed by atoms with van der Waals surface area (Å²) in [5, 5.41) is 8.74. The first kappa shape index (κ1) is 24.4. The van der Waals surface area contributed by atoms with Crippen molar-refractivity contribution < 1.29 is 21.6 Å². The van der Waals surface area contributed by atoms with Gasteiger partial charge in [0.05, 0.1) is 16.1 Å². The number of amidine groups is 1. The van der Waals surface area contributed by atoms with E-state index in [1.165, 1.54) is 36.4 Å². The van der Waals surface area contributed by atoms with Crippen molar-refractivity contribution in [3.63, 3.8) is 0 Å². The number of nitrogens with zero attached hydrogens (tertiary/aromatic N) is 3. The van der Waals surface area contributed by atoms with Gasteiger partial charge in [-0.1, -0.05) is 30.0 Å². The molecule has 0 amide bonds. The van der Waals surface area contributed by atoms with E-state index in [-0.39, 0.29) is 26.9 Å². The number of aliphatic imine (C=N–C) groups is 1. The van der Waals surface area contributed by atoms with Crippen molar-refractivity contribution in [2.24, 2.45) is 4.99 Å². The molecular formula is C20H18ClF3N4O2S2. The van der Waals surface area contributed by atoms with Crippen LogP contribution in [0.25, 0.3) is 11.1 Å². The molecule has 0 aliphatic heterocycles. The monoisotopic (exact) mass is 502 g/mol. The second-order valence-corrected chi connectivity index (χ2v) is 10.2. The molecule has 0 heterocycles. The van der Waals surface area contributed by atoms with Crippen LogP contribution in [0.1, 0.15) is 25.3 Å². The van der Waals surface area contributed by atoms with Gasteiger partial charge in [-0.2, -0.15) is 18.4 Å². The second-order valence-electron chi connectivity index (χ2n) is 7.40. The third kappa shape index (κ3) is 5.38. The molecule has 12 heteroatoms. The van der Waals surface area contributed by atoms with E-state index in [0.29, 0.717) is 0 Å². The van der Waals surface area contributed by atoms with E-state index < -0.39 is 27.3 Å². The molecule has 170 valence electrons. The van der Waals surface area contributed by atoms with Gasteiger partial charge in [0.2, 0.25) is 16.2 Å². The van der Waals surface area contributed by atoms with Crippen LogP contribution in [-0.4, -0.2) is 25.4 Å². The zero-order valence-electron chi connectivity index (χ0n) is 16.9. The maximum Gasteiger partial charge on any atom is 0.417 e. The molecule has 2 aromatic rings. The molecule has 6 nitrogen and oxygen atoms in total. The topological polar surface area (TPSA) is 85.6 Å². The maximum atomic E-state index is 13.8. The van der Waals surface area contributed by atoms with Gasteiger partial charge >= 0.3 is 6.18 Å². The number of sulfonamides is 1. The van der Waals surface area contributed by atoms with Gasteiger partial charge in [-0.25, -0.2) is 17.6 Å². The number of hydrogen-bond acceptors (Lipinski definition) is 5. The second kappa shape index (κ2) is 8.94. The Morgan fingerprint density at radius 1 is 1.25 bits per heavy atom. The van der Waals surface area contributed by atoms with E-state index in [9.17, 15) is 21.6 Å². The van der Waals surface area contributed by atoms with Gasteiger partial charge in [-0.15, -0.1) is 4.99 Å². The molecule has 1 aliphatic rings. The lowest BCUT2D eigenvalue weighted by molar-refractivity contribution is -0.137. The van der Waals surface area contributed by atoms with Crippen LogP contribution in [0.2, 0.25) is 0 Å². The molecular weight excluding hydrogens is 485 g/mol. The van der Waals surface area contributed by atoms with E-state index in [0.717, 1.165) is 35.1 Å². The fourth-order valence-electron chi connectivity index (χ4n) is 2.95. The van der Waals surface area contributed by atoms with Crippen molar-refractivity contribution in [1.82, 2.24) is 4.72 Å². The molecule has 32 heavy (non-hydrogen) atoms. The van der Waals surface area contributed by atoms with Gasteiger partial charge in [0.25, 0.3) is 0 Å². The third-order valence-corrected chi connectivity index (χ3v) is 7.64. The smallest absolute Gasteiger partial charge is 0.230 e. The molecule has 1 saturated carbocycles. The number of halogens is 4. The lowest BCUT2D eigenvalue weighted by Crippen LogP contribution is -2.34. The molecule has 0 unspecified atom stereocenters. The third-order valence-electron chi connectivity index (χ3n) is 4.89. The van der Waals surface area contributed by atoms with Gasteiger partial charge in [-0.05, 0) is 61.4 Å². The van der Waals surface area contributed by atoms with Gasteiger partial charge in [0.1, 0.15) is 0 Å². The predicted octanol–water partition coefficient (Wildman–Crippen LogP) is 5.36. The van der Waals surface area contributed by atoms with Crippen LogP contribution in [0.15, 0.2) is 52.4 Å². The van der Waals surface area contributed by atoms with E-state index in [1.807, 2.05) is 0 Å². The molecule has 1 fully saturated rings. The Morgan fingerprint density at radius 2 is 1.88 bits per heavy atom. The molecule has 1 N–H and O–H groups in total. The molecule has 3 rings (SSSR count). The molecule has 0 saturated heterocycles. The molecule has 1 aliphatic carbocycles. The van der Waals surface area contributed by atoms with Crippen LogP contribution in [0.5, 0.6) is 0 Å². The summed E-state index contributed by atoms with van der Waals surface area (Å²) in [6, 6.07) is 8.67. The van der Waals surface area contributed by atoms with Gasteiger partial charge in [-0.3, -0.25) is 0 Å². The average molecular weight is 503 g/mol. The summed E-state index contributed by atoms with van der Waals surface area (Å²) >= 11 is 7.09. The highest BCUT2D eigenvalue weighted by Crippen LogP contribution is 2.40. The molecule has 0 bridgehead atoms. The Bertz CT molecular complexity index is 1190. The van der Waals surface area contributed by atoms with E-state index in [2.05, 4.69) is 9.71 Å². The minimum atomic E-state index is -4.71. The Balaban J connectivity index is 1.99. The first-order valence-electron chi connectivity index (χ1n) is 9.22. The van der Waals surface area contributed by atoms with Gasteiger partial charge in [0, 0.05) is 17.3 Å². The van der Waals surface area contributed by atoms with Crippen molar-refractivity contribution >= 4 is 44.4 Å². The summed E-state index contributed by atoms with van der Waals surface area (Å²) in [6.45, 7) is 1.79. The highest BCUT2D eigenvalue weighted by Gasteiger charge is 2.41. The fourth-order valence-corrected chi connectivity index (χ4v) is 5.16. The number of thioether (sulfide) groups is 1. The van der Waals surface area contributed by atoms with Crippen molar-refractivity contribution in [3.05, 3.63) is 48.0 Å². The van der Waals surface area contributed by atoms with E-state index in [1.54, 1.807) is 19.4 Å².